The summed E-state index contributed by atoms with van der Waals surface area (Å²) in [6.45, 7) is 26.4. The molecule has 24 heavy (non-hydrogen) atoms. The third-order valence-electron chi connectivity index (χ3n) is 8.85. The van der Waals surface area contributed by atoms with E-state index < -0.39 is 0 Å². The van der Waals surface area contributed by atoms with Gasteiger partial charge in [0, 0.05) is 0 Å². The molecule has 0 heterocycles. The van der Waals surface area contributed by atoms with Gasteiger partial charge in [0.25, 0.3) is 0 Å². The highest BCUT2D eigenvalue weighted by Crippen LogP contribution is 2.64. The first-order valence-electron chi connectivity index (χ1n) is 9.36. The van der Waals surface area contributed by atoms with E-state index in [4.69, 9.17) is 0 Å². The predicted molar refractivity (Wildman–Crippen MR) is 107 cm³/mol. The van der Waals surface area contributed by atoms with Crippen molar-refractivity contribution >= 4 is 0 Å². The summed E-state index contributed by atoms with van der Waals surface area (Å²) < 4.78 is 0. The summed E-state index contributed by atoms with van der Waals surface area (Å²) in [5, 5.41) is 9.65. The zero-order chi connectivity index (χ0) is 19.2. The van der Waals surface area contributed by atoms with E-state index in [9.17, 15) is 5.11 Å². The summed E-state index contributed by atoms with van der Waals surface area (Å²) in [4.78, 5) is 0. The van der Waals surface area contributed by atoms with Gasteiger partial charge in [0.05, 0.1) is 0 Å². The minimum Gasteiger partial charge on any atom is -0.508 e. The number of rotatable bonds is 6. The average Bonchev–Trinajstić information content (AvgIpc) is 2.46. The van der Waals surface area contributed by atoms with Crippen LogP contribution in [0.1, 0.15) is 88.1 Å². The molecule has 0 atom stereocenters. The maximum absolute atomic E-state index is 9.65. The van der Waals surface area contributed by atoms with Gasteiger partial charge in [-0.25, -0.2) is 0 Å². The van der Waals surface area contributed by atoms with Crippen molar-refractivity contribution in [1.82, 2.24) is 0 Å². The second-order valence-corrected chi connectivity index (χ2v) is 10.3. The molecule has 0 unspecified atom stereocenters. The van der Waals surface area contributed by atoms with Crippen LogP contribution in [-0.4, -0.2) is 5.11 Å². The van der Waals surface area contributed by atoms with Crippen molar-refractivity contribution in [3.8, 4) is 5.75 Å². The molecule has 0 saturated heterocycles. The molecular weight excluding hydrogens is 292 g/mol. The van der Waals surface area contributed by atoms with E-state index in [1.807, 2.05) is 0 Å². The smallest absolute Gasteiger partial charge is 0.115 e. The minimum atomic E-state index is -0.0225. The third-order valence-corrected chi connectivity index (χ3v) is 8.85. The lowest BCUT2D eigenvalue weighted by molar-refractivity contribution is -0.122. The van der Waals surface area contributed by atoms with E-state index in [1.165, 1.54) is 12.0 Å². The molecule has 1 aromatic rings. The highest BCUT2D eigenvalue weighted by Gasteiger charge is 2.58. The molecule has 138 valence electrons. The molecule has 0 spiro atoms. The van der Waals surface area contributed by atoms with Gasteiger partial charge in [-0.2, -0.15) is 0 Å². The van der Waals surface area contributed by atoms with E-state index in [2.05, 4.69) is 88.3 Å². The van der Waals surface area contributed by atoms with Gasteiger partial charge in [0.1, 0.15) is 5.75 Å². The number of hydrogen-bond donors (Lipinski definition) is 1. The lowest BCUT2D eigenvalue weighted by Gasteiger charge is -2.63. The Bertz CT molecular complexity index is 556. The van der Waals surface area contributed by atoms with Crippen molar-refractivity contribution < 1.29 is 5.11 Å². The number of benzene rings is 1. The summed E-state index contributed by atoms with van der Waals surface area (Å²) in [6.07, 6.45) is 1.17. The second kappa shape index (κ2) is 6.07. The van der Waals surface area contributed by atoms with Crippen LogP contribution in [0, 0.1) is 21.7 Å². The van der Waals surface area contributed by atoms with Crippen LogP contribution in [0.5, 0.6) is 5.75 Å². The van der Waals surface area contributed by atoms with Crippen molar-refractivity contribution in [2.45, 2.75) is 88.0 Å². The van der Waals surface area contributed by atoms with E-state index >= 15 is 0 Å². The first-order chi connectivity index (χ1) is 10.6. The van der Waals surface area contributed by atoms with Crippen LogP contribution in [0.2, 0.25) is 0 Å². The molecule has 0 saturated carbocycles. The van der Waals surface area contributed by atoms with Crippen molar-refractivity contribution in [2.75, 3.05) is 0 Å². The Kier molecular flexibility index (Phi) is 5.33. The SMILES string of the molecule is CCC(C)(C)C(C)(C)C(C)(C)C(C)(C)C(C)(C)c1ccc(O)cc1. The van der Waals surface area contributed by atoms with Crippen LogP contribution < -0.4 is 0 Å². The molecule has 1 rings (SSSR count). The van der Waals surface area contributed by atoms with E-state index in [1.54, 1.807) is 12.1 Å². The summed E-state index contributed by atoms with van der Waals surface area (Å²) in [6, 6.07) is 7.76. The Hall–Kier alpha value is -0.980. The first-order valence-corrected chi connectivity index (χ1v) is 9.36. The van der Waals surface area contributed by atoms with Gasteiger partial charge in [-0.1, -0.05) is 94.7 Å². The Morgan fingerprint density at radius 2 is 1.08 bits per heavy atom. The number of aromatic hydroxyl groups is 1. The number of phenolic OH excluding ortho intramolecular Hbond substituents is 1. The molecule has 0 aliphatic heterocycles. The van der Waals surface area contributed by atoms with Crippen molar-refractivity contribution in [1.29, 1.82) is 0 Å². The summed E-state index contributed by atoms with van der Waals surface area (Å²) in [7, 11) is 0. The van der Waals surface area contributed by atoms with Crippen LogP contribution in [0.25, 0.3) is 0 Å². The monoisotopic (exact) mass is 332 g/mol. The molecule has 0 radical (unpaired) electrons. The zero-order valence-electron chi connectivity index (χ0n) is 18.0. The molecule has 1 nitrogen and oxygen atoms in total. The van der Waals surface area contributed by atoms with E-state index in [0.29, 0.717) is 5.75 Å². The predicted octanol–water partition coefficient (Wildman–Crippen LogP) is 7.18. The average molecular weight is 333 g/mol. The topological polar surface area (TPSA) is 20.2 Å². The Balaban J connectivity index is 3.47. The van der Waals surface area contributed by atoms with Crippen molar-refractivity contribution in [2.24, 2.45) is 21.7 Å². The van der Waals surface area contributed by atoms with E-state index in [0.717, 1.165) is 0 Å². The van der Waals surface area contributed by atoms with Gasteiger partial charge in [-0.3, -0.25) is 0 Å². The molecular formula is C23H40O. The van der Waals surface area contributed by atoms with Gasteiger partial charge in [0.2, 0.25) is 0 Å². The Morgan fingerprint density at radius 1 is 0.667 bits per heavy atom. The third kappa shape index (κ3) is 2.89. The van der Waals surface area contributed by atoms with Crippen LogP contribution in [-0.2, 0) is 5.41 Å². The molecule has 0 aliphatic rings. The Labute approximate surface area is 150 Å². The fourth-order valence-electron chi connectivity index (χ4n) is 4.09. The largest absolute Gasteiger partial charge is 0.508 e. The highest BCUT2D eigenvalue weighted by molar-refractivity contribution is 5.33. The first kappa shape index (κ1) is 21.1. The summed E-state index contributed by atoms with van der Waals surface area (Å²) >= 11 is 0. The highest BCUT2D eigenvalue weighted by atomic mass is 16.3. The Morgan fingerprint density at radius 3 is 1.46 bits per heavy atom. The van der Waals surface area contributed by atoms with Gasteiger partial charge in [-0.05, 0) is 44.8 Å². The summed E-state index contributed by atoms with van der Waals surface area (Å²) in [5.41, 5.74) is 1.81. The minimum absolute atomic E-state index is 0.0225. The van der Waals surface area contributed by atoms with Crippen molar-refractivity contribution in [3.63, 3.8) is 0 Å². The van der Waals surface area contributed by atoms with Crippen molar-refractivity contribution in [3.05, 3.63) is 29.8 Å². The van der Waals surface area contributed by atoms with Gasteiger partial charge >= 0.3 is 0 Å². The lowest BCUT2D eigenvalue weighted by atomic mass is 9.41. The van der Waals surface area contributed by atoms with Gasteiger partial charge < -0.3 is 5.11 Å². The zero-order valence-corrected chi connectivity index (χ0v) is 18.0. The van der Waals surface area contributed by atoms with Crippen LogP contribution in [0.4, 0.5) is 0 Å². The maximum atomic E-state index is 9.65. The lowest BCUT2D eigenvalue weighted by Crippen LogP contribution is -2.57. The normalized spacial score (nSPS) is 14.8. The maximum Gasteiger partial charge on any atom is 0.115 e. The fourth-order valence-corrected chi connectivity index (χ4v) is 4.09. The number of phenols is 1. The molecule has 0 bridgehead atoms. The van der Waals surface area contributed by atoms with Crippen LogP contribution in [0.3, 0.4) is 0 Å². The quantitative estimate of drug-likeness (QED) is 0.584. The molecule has 0 aliphatic carbocycles. The van der Waals surface area contributed by atoms with Crippen LogP contribution in [0.15, 0.2) is 24.3 Å². The van der Waals surface area contributed by atoms with Gasteiger partial charge in [-0.15, -0.1) is 0 Å². The van der Waals surface area contributed by atoms with Crippen LogP contribution >= 0.6 is 0 Å². The molecule has 0 amide bonds. The molecule has 0 aromatic heterocycles. The number of hydrogen-bond acceptors (Lipinski definition) is 1. The standard InChI is InChI=1S/C23H40O/c1-12-19(2,3)21(6,7)23(10,11)22(8,9)20(4,5)17-13-15-18(24)16-14-17/h13-16,24H,12H2,1-11H3. The second-order valence-electron chi connectivity index (χ2n) is 10.3. The molecule has 1 N–H and O–H groups in total. The molecule has 1 heteroatoms. The fraction of sp³-hybridized carbons (Fsp3) is 0.739. The van der Waals surface area contributed by atoms with E-state index in [-0.39, 0.29) is 27.1 Å². The molecule has 1 aromatic carbocycles. The summed E-state index contributed by atoms with van der Waals surface area (Å²) in [5.74, 6) is 0.332. The van der Waals surface area contributed by atoms with Gasteiger partial charge in [0.15, 0.2) is 0 Å². The molecule has 0 fully saturated rings.